The highest BCUT2D eigenvalue weighted by molar-refractivity contribution is 6.28. The second-order valence-electron chi connectivity index (χ2n) is 7.95. The first-order chi connectivity index (χ1) is 14.9. The van der Waals surface area contributed by atoms with Crippen molar-refractivity contribution in [2.24, 2.45) is 11.3 Å². The fourth-order valence-electron chi connectivity index (χ4n) is 4.84. The van der Waals surface area contributed by atoms with Gasteiger partial charge in [-0.05, 0) is 18.0 Å². The van der Waals surface area contributed by atoms with Gasteiger partial charge in [0.1, 0.15) is 17.4 Å². The number of aromatic nitrogens is 4. The van der Waals surface area contributed by atoms with E-state index < -0.39 is 23.7 Å². The van der Waals surface area contributed by atoms with Crippen molar-refractivity contribution in [3.63, 3.8) is 0 Å². The monoisotopic (exact) mass is 441 g/mol. The van der Waals surface area contributed by atoms with E-state index in [2.05, 4.69) is 20.3 Å². The predicted octanol–water partition coefficient (Wildman–Crippen LogP) is 1.56. The third-order valence-electron chi connectivity index (χ3n) is 6.41. The summed E-state index contributed by atoms with van der Waals surface area (Å²) < 4.78 is 1.63. The van der Waals surface area contributed by atoms with Gasteiger partial charge in [0.15, 0.2) is 5.65 Å². The number of rotatable bonds is 4. The molecular formula is C21H20ClN5O4. The third-order valence-corrected chi connectivity index (χ3v) is 6.58. The number of carbonyl (C=O) groups excluding carboxylic acids is 1. The van der Waals surface area contributed by atoms with Gasteiger partial charge < -0.3 is 25.2 Å². The van der Waals surface area contributed by atoms with Crippen LogP contribution in [0, 0.1) is 11.3 Å². The standard InChI is InChI=1S/C21H20ClN5O4/c1-23-19(31)21-8-11(21)15(16(29)17(21)30)27-9-24-14-12(25-20(22)26-18(14)27)7-13(28)10-5-3-2-4-6-10/h2-7,9,11,15-17,28-30H,8H2,1H3,(H,23,31)/b13-7-/t11-,15-,16+,17+,21+/m1/s1. The Morgan fingerprint density at radius 3 is 2.74 bits per heavy atom. The first-order valence-electron chi connectivity index (χ1n) is 9.83. The molecule has 10 heteroatoms. The molecule has 2 saturated carbocycles. The molecule has 160 valence electrons. The first-order valence-corrected chi connectivity index (χ1v) is 10.2. The fourth-order valence-corrected chi connectivity index (χ4v) is 5.01. The summed E-state index contributed by atoms with van der Waals surface area (Å²) in [6, 6.07) is 8.37. The molecule has 1 aromatic carbocycles. The van der Waals surface area contributed by atoms with E-state index in [1.807, 2.05) is 6.07 Å². The molecule has 2 heterocycles. The zero-order valence-corrected chi connectivity index (χ0v) is 17.2. The number of benzene rings is 1. The molecule has 2 aliphatic rings. The van der Waals surface area contributed by atoms with Crippen molar-refractivity contribution in [3.8, 4) is 0 Å². The summed E-state index contributed by atoms with van der Waals surface area (Å²) >= 11 is 6.15. The average Bonchev–Trinajstić information content (AvgIpc) is 3.31. The van der Waals surface area contributed by atoms with Crippen LogP contribution in [0.25, 0.3) is 23.0 Å². The normalized spacial score (nSPS) is 29.7. The molecule has 0 unspecified atom stereocenters. The number of imidazole rings is 1. The number of fused-ring (bicyclic) bond motifs is 2. The largest absolute Gasteiger partial charge is 0.507 e. The van der Waals surface area contributed by atoms with Crippen LogP contribution in [0.1, 0.15) is 23.7 Å². The third kappa shape index (κ3) is 2.84. The van der Waals surface area contributed by atoms with Crippen LogP contribution in [0.2, 0.25) is 5.28 Å². The quantitative estimate of drug-likeness (QED) is 0.356. The summed E-state index contributed by atoms with van der Waals surface area (Å²) in [6.45, 7) is 0. The number of amides is 1. The summed E-state index contributed by atoms with van der Waals surface area (Å²) in [7, 11) is 1.51. The predicted molar refractivity (Wildman–Crippen MR) is 113 cm³/mol. The fraction of sp³-hybridized carbons (Fsp3) is 0.333. The maximum Gasteiger partial charge on any atom is 0.229 e. The molecule has 0 aliphatic heterocycles. The van der Waals surface area contributed by atoms with Crippen LogP contribution in [-0.4, -0.2) is 60.0 Å². The van der Waals surface area contributed by atoms with Crippen LogP contribution in [0.4, 0.5) is 0 Å². The summed E-state index contributed by atoms with van der Waals surface area (Å²) in [5.74, 6) is -0.566. The van der Waals surface area contributed by atoms with Crippen molar-refractivity contribution in [2.45, 2.75) is 24.7 Å². The average molecular weight is 442 g/mol. The lowest BCUT2D eigenvalue weighted by molar-refractivity contribution is -0.132. The summed E-state index contributed by atoms with van der Waals surface area (Å²) in [5, 5.41) is 34.4. The van der Waals surface area contributed by atoms with Gasteiger partial charge in [-0.3, -0.25) is 4.79 Å². The van der Waals surface area contributed by atoms with E-state index in [-0.39, 0.29) is 22.9 Å². The van der Waals surface area contributed by atoms with Gasteiger partial charge in [0, 0.05) is 24.6 Å². The Morgan fingerprint density at radius 2 is 2.03 bits per heavy atom. The maximum atomic E-state index is 12.4. The second kappa shape index (κ2) is 7.01. The van der Waals surface area contributed by atoms with Gasteiger partial charge in [-0.15, -0.1) is 0 Å². The number of nitrogens with zero attached hydrogens (tertiary/aromatic N) is 4. The van der Waals surface area contributed by atoms with Gasteiger partial charge in [-0.1, -0.05) is 30.3 Å². The molecule has 2 fully saturated rings. The molecule has 5 rings (SSSR count). The molecule has 0 saturated heterocycles. The van der Waals surface area contributed by atoms with Gasteiger partial charge in [-0.2, -0.15) is 4.98 Å². The highest BCUT2D eigenvalue weighted by Gasteiger charge is 2.75. The Hall–Kier alpha value is -3.01. The van der Waals surface area contributed by atoms with Crippen molar-refractivity contribution in [1.82, 2.24) is 24.8 Å². The smallest absolute Gasteiger partial charge is 0.229 e. The highest BCUT2D eigenvalue weighted by Crippen LogP contribution is 2.67. The molecule has 31 heavy (non-hydrogen) atoms. The van der Waals surface area contributed by atoms with E-state index >= 15 is 0 Å². The second-order valence-corrected chi connectivity index (χ2v) is 8.29. The number of hydrogen-bond donors (Lipinski definition) is 4. The molecule has 4 N–H and O–H groups in total. The molecule has 2 aliphatic carbocycles. The van der Waals surface area contributed by atoms with Crippen LogP contribution in [-0.2, 0) is 4.79 Å². The number of aliphatic hydroxyl groups is 3. The molecule has 2 aromatic heterocycles. The van der Waals surface area contributed by atoms with Crippen LogP contribution in [0.5, 0.6) is 0 Å². The van der Waals surface area contributed by atoms with Gasteiger partial charge in [0.25, 0.3) is 0 Å². The minimum absolute atomic E-state index is 0.0108. The Labute approximate surface area is 182 Å². The summed E-state index contributed by atoms with van der Waals surface area (Å²) in [5.41, 5.74) is 0.638. The van der Waals surface area contributed by atoms with Gasteiger partial charge >= 0.3 is 0 Å². The van der Waals surface area contributed by atoms with E-state index in [0.717, 1.165) is 0 Å². The summed E-state index contributed by atoms with van der Waals surface area (Å²) in [6.07, 6.45) is 1.03. The van der Waals surface area contributed by atoms with Crippen molar-refractivity contribution < 1.29 is 20.1 Å². The highest BCUT2D eigenvalue weighted by atomic mass is 35.5. The number of hydrogen-bond acceptors (Lipinski definition) is 7. The van der Waals surface area contributed by atoms with Crippen molar-refractivity contribution in [3.05, 3.63) is 53.2 Å². The number of carbonyl (C=O) groups is 1. The Balaban J connectivity index is 1.58. The van der Waals surface area contributed by atoms with Crippen LogP contribution in [0.15, 0.2) is 36.7 Å². The number of halogens is 1. The molecule has 0 radical (unpaired) electrons. The summed E-state index contributed by atoms with van der Waals surface area (Å²) in [4.78, 5) is 25.2. The van der Waals surface area contributed by atoms with E-state index in [1.54, 1.807) is 28.8 Å². The van der Waals surface area contributed by atoms with Crippen LogP contribution >= 0.6 is 11.6 Å². The lowest BCUT2D eigenvalue weighted by Crippen LogP contribution is -2.41. The Kier molecular flexibility index (Phi) is 4.51. The van der Waals surface area contributed by atoms with Gasteiger partial charge in [0.2, 0.25) is 11.2 Å². The van der Waals surface area contributed by atoms with E-state index in [9.17, 15) is 20.1 Å². The molecule has 9 nitrogen and oxygen atoms in total. The SMILES string of the molecule is CNC(=O)[C@@]12C[C@@H]1[C@@H](n1cnc3c(/C=C(\O)c4ccccc4)nc(Cl)nc31)[C@H](O)[C@@H]2O. The molecule has 0 bridgehead atoms. The molecule has 3 aromatic rings. The maximum absolute atomic E-state index is 12.4. The lowest BCUT2D eigenvalue weighted by Gasteiger charge is -2.23. The van der Waals surface area contributed by atoms with E-state index in [0.29, 0.717) is 28.8 Å². The Bertz CT molecular complexity index is 1210. The van der Waals surface area contributed by atoms with Crippen molar-refractivity contribution in [1.29, 1.82) is 0 Å². The number of aliphatic hydroxyl groups excluding tert-OH is 3. The molecule has 0 spiro atoms. The molecule has 5 atom stereocenters. The zero-order chi connectivity index (χ0) is 21.9. The minimum atomic E-state index is -1.20. The number of nitrogens with one attached hydrogen (secondary N) is 1. The van der Waals surface area contributed by atoms with Crippen molar-refractivity contribution >= 4 is 40.5 Å². The van der Waals surface area contributed by atoms with E-state index in [4.69, 9.17) is 11.6 Å². The molecular weight excluding hydrogens is 422 g/mol. The zero-order valence-electron chi connectivity index (χ0n) is 16.5. The van der Waals surface area contributed by atoms with Crippen molar-refractivity contribution in [2.75, 3.05) is 7.05 Å². The van der Waals surface area contributed by atoms with Crippen LogP contribution in [0.3, 0.4) is 0 Å². The topological polar surface area (TPSA) is 133 Å². The Morgan fingerprint density at radius 1 is 1.29 bits per heavy atom. The first kappa shape index (κ1) is 19.9. The van der Waals surface area contributed by atoms with Gasteiger partial charge in [-0.25, -0.2) is 9.97 Å². The van der Waals surface area contributed by atoms with Gasteiger partial charge in [0.05, 0.1) is 29.6 Å². The van der Waals surface area contributed by atoms with Crippen LogP contribution < -0.4 is 5.32 Å². The minimum Gasteiger partial charge on any atom is -0.507 e. The van der Waals surface area contributed by atoms with E-state index in [1.165, 1.54) is 19.5 Å². The molecule has 1 amide bonds. The lowest BCUT2D eigenvalue weighted by atomic mass is 9.98.